The molecule has 0 aromatic carbocycles. The Labute approximate surface area is 93.4 Å². The highest BCUT2D eigenvalue weighted by Gasteiger charge is 2.36. The van der Waals surface area contributed by atoms with Crippen LogP contribution in [0.1, 0.15) is 54.4 Å². The largest absolute Gasteiger partial charge is 0.459 e. The third kappa shape index (κ3) is 5.17. The molecular weight excluding hydrogens is 190 g/mol. The first-order valence-corrected chi connectivity index (χ1v) is 5.63. The molecule has 0 bridgehead atoms. The predicted octanol–water partition coefficient (Wildman–Crippen LogP) is 2.48. The summed E-state index contributed by atoms with van der Waals surface area (Å²) in [6, 6.07) is 0. The Kier molecular flexibility index (Phi) is 4.78. The highest BCUT2D eigenvalue weighted by Crippen LogP contribution is 2.22. The maximum absolute atomic E-state index is 11.9. The zero-order valence-electron chi connectivity index (χ0n) is 10.9. The van der Waals surface area contributed by atoms with Crippen molar-refractivity contribution in [3.05, 3.63) is 0 Å². The van der Waals surface area contributed by atoms with Crippen molar-refractivity contribution >= 4 is 5.97 Å². The molecule has 0 aliphatic rings. The van der Waals surface area contributed by atoms with Gasteiger partial charge in [0, 0.05) is 0 Å². The molecule has 90 valence electrons. The Morgan fingerprint density at radius 1 is 1.33 bits per heavy atom. The predicted molar refractivity (Wildman–Crippen MR) is 62.5 cm³/mol. The van der Waals surface area contributed by atoms with Gasteiger partial charge in [0.25, 0.3) is 0 Å². The van der Waals surface area contributed by atoms with E-state index in [9.17, 15) is 4.79 Å². The van der Waals surface area contributed by atoms with Crippen molar-refractivity contribution < 1.29 is 9.53 Å². The maximum atomic E-state index is 11.9. The number of rotatable bonds is 4. The van der Waals surface area contributed by atoms with Gasteiger partial charge in [-0.25, -0.2) is 0 Å². The van der Waals surface area contributed by atoms with Gasteiger partial charge >= 0.3 is 5.97 Å². The topological polar surface area (TPSA) is 52.3 Å². The van der Waals surface area contributed by atoms with Crippen LogP contribution in [0.5, 0.6) is 0 Å². The van der Waals surface area contributed by atoms with E-state index in [1.165, 1.54) is 0 Å². The lowest BCUT2D eigenvalue weighted by Crippen LogP contribution is -2.51. The van der Waals surface area contributed by atoms with Crippen molar-refractivity contribution in [1.82, 2.24) is 0 Å². The zero-order chi connectivity index (χ0) is 12.3. The lowest BCUT2D eigenvalue weighted by Gasteiger charge is -2.31. The van der Waals surface area contributed by atoms with Crippen molar-refractivity contribution in [3.8, 4) is 0 Å². The summed E-state index contributed by atoms with van der Waals surface area (Å²) >= 11 is 0. The molecule has 0 aliphatic heterocycles. The maximum Gasteiger partial charge on any atom is 0.326 e. The lowest BCUT2D eigenvalue weighted by molar-refractivity contribution is -0.162. The first-order valence-electron chi connectivity index (χ1n) is 5.63. The first-order chi connectivity index (χ1) is 6.60. The molecule has 0 aromatic rings. The van der Waals surface area contributed by atoms with Crippen molar-refractivity contribution in [3.63, 3.8) is 0 Å². The molecular formula is C12H25NO2. The van der Waals surface area contributed by atoms with Gasteiger partial charge in [-0.1, -0.05) is 20.8 Å². The van der Waals surface area contributed by atoms with Gasteiger partial charge in [-0.2, -0.15) is 0 Å². The molecule has 0 aromatic heterocycles. The minimum Gasteiger partial charge on any atom is -0.459 e. The first kappa shape index (κ1) is 14.4. The van der Waals surface area contributed by atoms with Crippen LogP contribution >= 0.6 is 0 Å². The molecule has 0 saturated heterocycles. The van der Waals surface area contributed by atoms with Crippen molar-refractivity contribution in [1.29, 1.82) is 0 Å². The van der Waals surface area contributed by atoms with Gasteiger partial charge in [0.05, 0.1) is 0 Å². The minimum absolute atomic E-state index is 0.286. The Hall–Kier alpha value is -0.570. The summed E-state index contributed by atoms with van der Waals surface area (Å²) in [6.07, 6.45) is 1.28. The van der Waals surface area contributed by atoms with Crippen LogP contribution in [-0.2, 0) is 9.53 Å². The van der Waals surface area contributed by atoms with E-state index in [0.717, 1.165) is 0 Å². The molecule has 0 fully saturated rings. The fraction of sp³-hybridized carbons (Fsp3) is 0.917. The molecule has 3 nitrogen and oxygen atoms in total. The average molecular weight is 215 g/mol. The third-order valence-corrected chi connectivity index (χ3v) is 2.21. The molecule has 0 unspecified atom stereocenters. The van der Waals surface area contributed by atoms with E-state index in [1.54, 1.807) is 0 Å². The Morgan fingerprint density at radius 2 is 1.80 bits per heavy atom. The van der Waals surface area contributed by atoms with Gasteiger partial charge in [-0.15, -0.1) is 0 Å². The molecule has 0 rings (SSSR count). The average Bonchev–Trinajstić information content (AvgIpc) is 1.99. The molecule has 15 heavy (non-hydrogen) atoms. The molecule has 0 aliphatic carbocycles. The number of carbonyl (C=O) groups excluding carboxylic acids is 1. The van der Waals surface area contributed by atoms with Crippen LogP contribution in [0.3, 0.4) is 0 Å². The third-order valence-electron chi connectivity index (χ3n) is 2.21. The highest BCUT2D eigenvalue weighted by atomic mass is 16.6. The van der Waals surface area contributed by atoms with Gasteiger partial charge < -0.3 is 10.5 Å². The van der Waals surface area contributed by atoms with Crippen LogP contribution in [0.4, 0.5) is 0 Å². The quantitative estimate of drug-likeness (QED) is 0.733. The Bertz CT molecular complexity index is 218. The Balaban J connectivity index is 4.59. The van der Waals surface area contributed by atoms with Gasteiger partial charge in [0.2, 0.25) is 0 Å². The summed E-state index contributed by atoms with van der Waals surface area (Å²) in [4.78, 5) is 11.9. The molecule has 3 heteroatoms. The summed E-state index contributed by atoms with van der Waals surface area (Å²) in [7, 11) is 0. The van der Waals surface area contributed by atoms with Gasteiger partial charge in [-0.05, 0) is 39.5 Å². The summed E-state index contributed by atoms with van der Waals surface area (Å²) in [5.74, 6) is 0.105. The van der Waals surface area contributed by atoms with E-state index >= 15 is 0 Å². The van der Waals surface area contributed by atoms with Crippen LogP contribution in [0, 0.1) is 5.92 Å². The van der Waals surface area contributed by atoms with Gasteiger partial charge in [0.15, 0.2) is 0 Å². The van der Waals surface area contributed by atoms with Crippen molar-refractivity contribution in [2.75, 3.05) is 0 Å². The number of ether oxygens (including phenoxy) is 1. The number of hydrogen-bond donors (Lipinski definition) is 1. The monoisotopic (exact) mass is 215 g/mol. The standard InChI is InChI=1S/C12H25NO2/c1-7-12(13,8-9(2)3)10(14)15-11(4,5)6/h9H,7-8,13H2,1-6H3/t12-/m1/s1. The molecule has 0 radical (unpaired) electrons. The van der Waals surface area contributed by atoms with Crippen LogP contribution in [0.2, 0.25) is 0 Å². The summed E-state index contributed by atoms with van der Waals surface area (Å²) in [5, 5.41) is 0. The van der Waals surface area contributed by atoms with E-state index in [4.69, 9.17) is 10.5 Å². The van der Waals surface area contributed by atoms with Crippen LogP contribution in [0.15, 0.2) is 0 Å². The lowest BCUT2D eigenvalue weighted by atomic mass is 9.87. The summed E-state index contributed by atoms with van der Waals surface area (Å²) in [5.41, 5.74) is 4.78. The fourth-order valence-electron chi connectivity index (χ4n) is 1.48. The van der Waals surface area contributed by atoms with Crippen LogP contribution in [-0.4, -0.2) is 17.1 Å². The molecule has 0 spiro atoms. The van der Waals surface area contributed by atoms with Crippen LogP contribution in [0.25, 0.3) is 0 Å². The number of hydrogen-bond acceptors (Lipinski definition) is 3. The smallest absolute Gasteiger partial charge is 0.326 e. The summed E-state index contributed by atoms with van der Waals surface area (Å²) in [6.45, 7) is 11.6. The molecule has 1 atom stereocenters. The molecule has 0 heterocycles. The fourth-order valence-corrected chi connectivity index (χ4v) is 1.48. The van der Waals surface area contributed by atoms with E-state index in [2.05, 4.69) is 13.8 Å². The van der Waals surface area contributed by atoms with E-state index in [1.807, 2.05) is 27.7 Å². The normalized spacial score (nSPS) is 16.3. The number of esters is 1. The highest BCUT2D eigenvalue weighted by molar-refractivity contribution is 5.80. The second-order valence-corrected chi connectivity index (χ2v) is 5.61. The van der Waals surface area contributed by atoms with Gasteiger partial charge in [-0.3, -0.25) is 4.79 Å². The minimum atomic E-state index is -0.832. The summed E-state index contributed by atoms with van der Waals surface area (Å²) < 4.78 is 5.33. The molecule has 0 saturated carbocycles. The van der Waals surface area contributed by atoms with Gasteiger partial charge in [0.1, 0.15) is 11.1 Å². The van der Waals surface area contributed by atoms with E-state index in [-0.39, 0.29) is 5.97 Å². The second kappa shape index (κ2) is 4.97. The SMILES string of the molecule is CC[C@@](N)(CC(C)C)C(=O)OC(C)(C)C. The van der Waals surface area contributed by atoms with E-state index in [0.29, 0.717) is 18.8 Å². The Morgan fingerprint density at radius 3 is 2.07 bits per heavy atom. The molecule has 0 amide bonds. The molecule has 2 N–H and O–H groups in total. The van der Waals surface area contributed by atoms with E-state index < -0.39 is 11.1 Å². The van der Waals surface area contributed by atoms with Crippen molar-refractivity contribution in [2.45, 2.75) is 65.5 Å². The second-order valence-electron chi connectivity index (χ2n) is 5.61. The number of nitrogens with two attached hydrogens (primary N) is 1. The van der Waals surface area contributed by atoms with Crippen molar-refractivity contribution in [2.24, 2.45) is 11.7 Å². The van der Waals surface area contributed by atoms with Crippen LogP contribution < -0.4 is 5.73 Å². The number of carbonyl (C=O) groups is 1. The zero-order valence-corrected chi connectivity index (χ0v) is 10.9.